The smallest absolute Gasteiger partial charge is 0.222 e. The number of nitrogens with one attached hydrogen (secondary N) is 1. The monoisotopic (exact) mass is 261 g/mol. The highest BCUT2D eigenvalue weighted by Crippen LogP contribution is 2.25. The second kappa shape index (κ2) is 6.31. The van der Waals surface area contributed by atoms with Crippen LogP contribution < -0.4 is 11.1 Å². The fraction of sp³-hybridized carbons (Fsp3) is 0.500. The summed E-state index contributed by atoms with van der Waals surface area (Å²) in [6, 6.07) is 3.72. The molecule has 1 aromatic heterocycles. The predicted molar refractivity (Wildman–Crippen MR) is 71.0 cm³/mol. The summed E-state index contributed by atoms with van der Waals surface area (Å²) in [6.07, 6.45) is 7.10. The minimum atomic E-state index is -0.310. The number of primary amides is 1. The molecule has 0 spiro atoms. The molecule has 102 valence electrons. The number of nitrogens with two attached hydrogens (primary N) is 1. The van der Waals surface area contributed by atoms with Gasteiger partial charge in [0, 0.05) is 24.9 Å². The molecule has 5 nitrogen and oxygen atoms in total. The molecule has 19 heavy (non-hydrogen) atoms. The third-order valence-corrected chi connectivity index (χ3v) is 3.59. The van der Waals surface area contributed by atoms with Crippen molar-refractivity contribution in [1.82, 2.24) is 10.3 Å². The molecule has 0 bridgehead atoms. The van der Waals surface area contributed by atoms with Crippen LogP contribution in [-0.2, 0) is 16.0 Å². The molecular weight excluding hydrogens is 242 g/mol. The molecule has 2 rings (SSSR count). The lowest BCUT2D eigenvalue weighted by molar-refractivity contribution is -0.124. The molecule has 0 saturated heterocycles. The van der Waals surface area contributed by atoms with Gasteiger partial charge in [0.05, 0.1) is 5.92 Å². The van der Waals surface area contributed by atoms with Crippen molar-refractivity contribution in [1.29, 1.82) is 0 Å². The number of nitrogens with zero attached hydrogens (tertiary/aromatic N) is 1. The van der Waals surface area contributed by atoms with Gasteiger partial charge in [-0.2, -0.15) is 0 Å². The van der Waals surface area contributed by atoms with E-state index in [0.29, 0.717) is 12.8 Å². The average Bonchev–Trinajstić information content (AvgIpc) is 2.86. The zero-order valence-corrected chi connectivity index (χ0v) is 10.8. The molecule has 0 radical (unpaired) electrons. The summed E-state index contributed by atoms with van der Waals surface area (Å²) in [5, 5.41) is 2.92. The highest BCUT2D eigenvalue weighted by atomic mass is 16.2. The van der Waals surface area contributed by atoms with Gasteiger partial charge in [0.25, 0.3) is 0 Å². The molecule has 1 heterocycles. The summed E-state index contributed by atoms with van der Waals surface area (Å²) < 4.78 is 0. The van der Waals surface area contributed by atoms with Gasteiger partial charge >= 0.3 is 0 Å². The summed E-state index contributed by atoms with van der Waals surface area (Å²) in [5.41, 5.74) is 6.37. The maximum Gasteiger partial charge on any atom is 0.222 e. The van der Waals surface area contributed by atoms with E-state index in [4.69, 9.17) is 5.73 Å². The zero-order chi connectivity index (χ0) is 13.7. The van der Waals surface area contributed by atoms with E-state index >= 15 is 0 Å². The Hall–Kier alpha value is -1.91. The largest absolute Gasteiger partial charge is 0.369 e. The maximum atomic E-state index is 11.9. The Kier molecular flexibility index (Phi) is 4.49. The van der Waals surface area contributed by atoms with Gasteiger partial charge in [-0.15, -0.1) is 0 Å². The lowest BCUT2D eigenvalue weighted by Gasteiger charge is -2.18. The van der Waals surface area contributed by atoms with Crippen molar-refractivity contribution in [2.24, 2.45) is 11.7 Å². The standard InChI is InChI=1S/C14H19N3O2/c15-14(19)11-4-1-5-12(11)17-13(18)7-6-10-3-2-8-16-9-10/h2-3,8-9,11-12H,1,4-7H2,(H2,15,19)(H,17,18)/t11-,12-/m1/s1. The topological polar surface area (TPSA) is 85.1 Å². The first-order chi connectivity index (χ1) is 9.16. The molecule has 2 amide bonds. The molecule has 0 aliphatic heterocycles. The number of carbonyl (C=O) groups is 2. The third kappa shape index (κ3) is 3.77. The second-order valence-electron chi connectivity index (χ2n) is 4.98. The Morgan fingerprint density at radius 3 is 2.95 bits per heavy atom. The summed E-state index contributed by atoms with van der Waals surface area (Å²) in [5.74, 6) is -0.542. The Morgan fingerprint density at radius 1 is 1.42 bits per heavy atom. The lowest BCUT2D eigenvalue weighted by atomic mass is 10.0. The van der Waals surface area contributed by atoms with E-state index in [1.54, 1.807) is 12.4 Å². The highest BCUT2D eigenvalue weighted by molar-refractivity contribution is 5.80. The predicted octanol–water partition coefficient (Wildman–Crippen LogP) is 0.784. The Balaban J connectivity index is 1.80. The average molecular weight is 261 g/mol. The molecule has 0 aromatic carbocycles. The van der Waals surface area contributed by atoms with Crippen molar-refractivity contribution in [3.05, 3.63) is 30.1 Å². The molecule has 1 aliphatic carbocycles. The van der Waals surface area contributed by atoms with E-state index in [-0.39, 0.29) is 23.8 Å². The van der Waals surface area contributed by atoms with E-state index in [0.717, 1.165) is 24.8 Å². The maximum absolute atomic E-state index is 11.9. The first-order valence-corrected chi connectivity index (χ1v) is 6.64. The van der Waals surface area contributed by atoms with Crippen molar-refractivity contribution in [2.75, 3.05) is 0 Å². The lowest BCUT2D eigenvalue weighted by Crippen LogP contribution is -2.42. The van der Waals surface area contributed by atoms with Crippen LogP contribution in [0.1, 0.15) is 31.2 Å². The number of rotatable bonds is 5. The van der Waals surface area contributed by atoms with Crippen LogP contribution in [0.4, 0.5) is 0 Å². The van der Waals surface area contributed by atoms with E-state index in [9.17, 15) is 9.59 Å². The van der Waals surface area contributed by atoms with E-state index in [1.165, 1.54) is 0 Å². The van der Waals surface area contributed by atoms with Gasteiger partial charge in [-0.1, -0.05) is 12.5 Å². The fourth-order valence-corrected chi connectivity index (χ4v) is 2.56. The summed E-state index contributed by atoms with van der Waals surface area (Å²) in [4.78, 5) is 27.1. The van der Waals surface area contributed by atoms with Crippen molar-refractivity contribution in [3.8, 4) is 0 Å². The second-order valence-corrected chi connectivity index (χ2v) is 4.98. The summed E-state index contributed by atoms with van der Waals surface area (Å²) >= 11 is 0. The van der Waals surface area contributed by atoms with Gasteiger partial charge in [-0.3, -0.25) is 14.6 Å². The minimum absolute atomic E-state index is 0.0259. The van der Waals surface area contributed by atoms with Gasteiger partial charge in [0.15, 0.2) is 0 Å². The van der Waals surface area contributed by atoms with Gasteiger partial charge in [-0.25, -0.2) is 0 Å². The van der Waals surface area contributed by atoms with E-state index in [1.807, 2.05) is 12.1 Å². The van der Waals surface area contributed by atoms with Crippen LogP contribution in [0.2, 0.25) is 0 Å². The van der Waals surface area contributed by atoms with Crippen LogP contribution in [0.3, 0.4) is 0 Å². The molecule has 2 atom stereocenters. The normalized spacial score (nSPS) is 22.1. The molecular formula is C14H19N3O2. The molecule has 1 aliphatic rings. The molecule has 5 heteroatoms. The summed E-state index contributed by atoms with van der Waals surface area (Å²) in [6.45, 7) is 0. The molecule has 1 fully saturated rings. The number of aromatic nitrogens is 1. The van der Waals surface area contributed by atoms with Crippen molar-refractivity contribution < 1.29 is 9.59 Å². The summed E-state index contributed by atoms with van der Waals surface area (Å²) in [7, 11) is 0. The van der Waals surface area contributed by atoms with Gasteiger partial charge in [-0.05, 0) is 30.9 Å². The fourth-order valence-electron chi connectivity index (χ4n) is 2.56. The minimum Gasteiger partial charge on any atom is -0.369 e. The zero-order valence-electron chi connectivity index (χ0n) is 10.8. The first kappa shape index (κ1) is 13.5. The SMILES string of the molecule is NC(=O)[C@@H]1CCC[C@H]1NC(=O)CCc1cccnc1. The molecule has 1 saturated carbocycles. The molecule has 0 unspecified atom stereocenters. The van der Waals surface area contributed by atoms with Gasteiger partial charge in [0.2, 0.25) is 11.8 Å². The number of pyridine rings is 1. The quantitative estimate of drug-likeness (QED) is 0.821. The van der Waals surface area contributed by atoms with Crippen LogP contribution >= 0.6 is 0 Å². The number of hydrogen-bond acceptors (Lipinski definition) is 3. The van der Waals surface area contributed by atoms with Crippen LogP contribution in [0.25, 0.3) is 0 Å². The van der Waals surface area contributed by atoms with Gasteiger partial charge < -0.3 is 11.1 Å². The Bertz CT molecular complexity index is 447. The van der Waals surface area contributed by atoms with Crippen molar-refractivity contribution in [2.45, 2.75) is 38.1 Å². The number of hydrogen-bond donors (Lipinski definition) is 2. The van der Waals surface area contributed by atoms with Crippen LogP contribution in [0.15, 0.2) is 24.5 Å². The number of carbonyl (C=O) groups excluding carboxylic acids is 2. The molecule has 3 N–H and O–H groups in total. The van der Waals surface area contributed by atoms with Crippen LogP contribution in [0.5, 0.6) is 0 Å². The third-order valence-electron chi connectivity index (χ3n) is 3.59. The first-order valence-electron chi connectivity index (χ1n) is 6.64. The van der Waals surface area contributed by atoms with Gasteiger partial charge in [0.1, 0.15) is 0 Å². The highest BCUT2D eigenvalue weighted by Gasteiger charge is 2.32. The van der Waals surface area contributed by atoms with E-state index in [2.05, 4.69) is 10.3 Å². The van der Waals surface area contributed by atoms with Crippen LogP contribution in [0, 0.1) is 5.92 Å². The van der Waals surface area contributed by atoms with Crippen LogP contribution in [-0.4, -0.2) is 22.8 Å². The number of amides is 2. The Labute approximate surface area is 112 Å². The Morgan fingerprint density at radius 2 is 2.26 bits per heavy atom. The molecule has 1 aromatic rings. The van der Waals surface area contributed by atoms with Crippen molar-refractivity contribution >= 4 is 11.8 Å². The number of aryl methyl sites for hydroxylation is 1. The van der Waals surface area contributed by atoms with Crippen molar-refractivity contribution in [3.63, 3.8) is 0 Å². The van der Waals surface area contributed by atoms with E-state index < -0.39 is 0 Å².